The van der Waals surface area contributed by atoms with Crippen LogP contribution in [0.1, 0.15) is 42.2 Å². The van der Waals surface area contributed by atoms with Crippen molar-refractivity contribution >= 4 is 23.5 Å². The predicted molar refractivity (Wildman–Crippen MR) is 71.8 cm³/mol. The van der Waals surface area contributed by atoms with E-state index in [2.05, 4.69) is 0 Å². The largest absolute Gasteiger partial charge is 0.298 e. The van der Waals surface area contributed by atoms with Gasteiger partial charge in [0.15, 0.2) is 5.78 Å². The van der Waals surface area contributed by atoms with Crippen molar-refractivity contribution < 1.29 is 19.3 Å². The van der Waals surface area contributed by atoms with Gasteiger partial charge >= 0.3 is 0 Å². The number of aldehydes is 1. The number of rotatable bonds is 2. The molecule has 6 nitrogen and oxygen atoms in total. The Kier molecular flexibility index (Phi) is 2.72. The number of nitrogens with zero attached hydrogens (tertiary/aromatic N) is 1. The van der Waals surface area contributed by atoms with Gasteiger partial charge in [-0.3, -0.25) is 24.5 Å². The van der Waals surface area contributed by atoms with Crippen molar-refractivity contribution in [1.29, 1.82) is 0 Å². The molecule has 0 saturated heterocycles. The molecule has 1 aliphatic rings. The summed E-state index contributed by atoms with van der Waals surface area (Å²) in [6.07, 6.45) is 0.570. The van der Waals surface area contributed by atoms with Gasteiger partial charge in [-0.05, 0) is 18.2 Å². The van der Waals surface area contributed by atoms with Crippen LogP contribution in [0.3, 0.4) is 0 Å². The van der Waals surface area contributed by atoms with Gasteiger partial charge in [0.05, 0.1) is 4.92 Å². The molecule has 21 heavy (non-hydrogen) atoms. The van der Waals surface area contributed by atoms with Crippen LogP contribution in [0.2, 0.25) is 0 Å². The van der Waals surface area contributed by atoms with E-state index in [4.69, 9.17) is 0 Å². The third-order valence-corrected chi connectivity index (χ3v) is 3.38. The Bertz CT molecular complexity index is 838. The number of hydrogen-bond acceptors (Lipinski definition) is 5. The highest BCUT2D eigenvalue weighted by Gasteiger charge is 2.35. The van der Waals surface area contributed by atoms with Gasteiger partial charge in [0.2, 0.25) is 5.78 Å². The fourth-order valence-electron chi connectivity index (χ4n) is 2.42. The average molecular weight is 281 g/mol. The molecule has 0 saturated carbocycles. The van der Waals surface area contributed by atoms with Gasteiger partial charge in [0.25, 0.3) is 5.69 Å². The minimum Gasteiger partial charge on any atom is -0.298 e. The molecule has 0 aromatic heterocycles. The van der Waals surface area contributed by atoms with Crippen LogP contribution in [0.4, 0.5) is 5.69 Å². The first-order valence-electron chi connectivity index (χ1n) is 6.00. The normalized spacial score (nSPS) is 12.6. The molecule has 3 rings (SSSR count). The smallest absolute Gasteiger partial charge is 0.281 e. The number of benzene rings is 2. The van der Waals surface area contributed by atoms with Gasteiger partial charge in [-0.25, -0.2) is 0 Å². The lowest BCUT2D eigenvalue weighted by atomic mass is 9.82. The Morgan fingerprint density at radius 1 is 0.952 bits per heavy atom. The molecule has 0 bridgehead atoms. The van der Waals surface area contributed by atoms with Gasteiger partial charge in [-0.1, -0.05) is 12.1 Å². The van der Waals surface area contributed by atoms with Crippen LogP contribution in [0.5, 0.6) is 0 Å². The summed E-state index contributed by atoms with van der Waals surface area (Å²) in [7, 11) is 0. The minimum atomic E-state index is -0.686. The lowest BCUT2D eigenvalue weighted by Gasteiger charge is -2.17. The van der Waals surface area contributed by atoms with Crippen molar-refractivity contribution in [3.63, 3.8) is 0 Å². The Balaban J connectivity index is 2.32. The summed E-state index contributed by atoms with van der Waals surface area (Å²) in [6.45, 7) is 0. The maximum Gasteiger partial charge on any atom is 0.281 e. The molecular weight excluding hydrogens is 274 g/mol. The van der Waals surface area contributed by atoms with Crippen molar-refractivity contribution in [1.82, 2.24) is 0 Å². The van der Waals surface area contributed by atoms with E-state index in [1.165, 1.54) is 36.4 Å². The highest BCUT2D eigenvalue weighted by atomic mass is 16.6. The molecule has 0 spiro atoms. The predicted octanol–water partition coefficient (Wildman–Crippen LogP) is 2.18. The molecule has 0 fully saturated rings. The molecule has 1 aliphatic carbocycles. The second kappa shape index (κ2) is 4.45. The first-order chi connectivity index (χ1) is 10.0. The molecule has 2 aromatic rings. The summed E-state index contributed by atoms with van der Waals surface area (Å²) >= 11 is 0. The van der Waals surface area contributed by atoms with Crippen molar-refractivity contribution in [3.05, 3.63) is 74.3 Å². The average Bonchev–Trinajstić information content (AvgIpc) is 2.51. The summed E-state index contributed by atoms with van der Waals surface area (Å²) in [5, 5.41) is 11.0. The quantitative estimate of drug-likeness (QED) is 0.407. The number of nitro groups is 1. The summed E-state index contributed by atoms with van der Waals surface area (Å²) in [5.74, 6) is -1.07. The van der Waals surface area contributed by atoms with Crippen LogP contribution in [0.25, 0.3) is 0 Å². The number of carbonyl (C=O) groups excluding carboxylic acids is 3. The molecule has 6 heteroatoms. The zero-order valence-electron chi connectivity index (χ0n) is 10.5. The molecule has 0 N–H and O–H groups in total. The first kappa shape index (κ1) is 12.9. The number of carbonyl (C=O) groups is 3. The van der Waals surface area contributed by atoms with E-state index in [0.717, 1.165) is 0 Å². The molecule has 0 heterocycles. The molecule has 2 aromatic carbocycles. The molecular formula is C15H7NO5. The van der Waals surface area contributed by atoms with Crippen LogP contribution >= 0.6 is 0 Å². The monoisotopic (exact) mass is 281 g/mol. The topological polar surface area (TPSA) is 94.3 Å². The third kappa shape index (κ3) is 1.77. The van der Waals surface area contributed by atoms with Crippen LogP contribution in [0.15, 0.2) is 36.4 Å². The molecule has 0 atom stereocenters. The fraction of sp³-hybridized carbons (Fsp3) is 0. The molecule has 102 valence electrons. The van der Waals surface area contributed by atoms with Gasteiger partial charge in [-0.15, -0.1) is 0 Å². The zero-order chi connectivity index (χ0) is 15.1. The standard InChI is InChI=1S/C15H7NO5/c17-7-8-4-5-9-11(6-8)14(18)10-2-1-3-12(16(20)21)13(10)15(9)19/h1-7H. The second-order valence-corrected chi connectivity index (χ2v) is 4.54. The van der Waals surface area contributed by atoms with Crippen molar-refractivity contribution in [3.8, 4) is 0 Å². The summed E-state index contributed by atoms with van der Waals surface area (Å²) in [4.78, 5) is 46.0. The minimum absolute atomic E-state index is 0.00949. The fourth-order valence-corrected chi connectivity index (χ4v) is 2.42. The van der Waals surface area contributed by atoms with Crippen molar-refractivity contribution in [2.45, 2.75) is 0 Å². The maximum absolute atomic E-state index is 12.4. The van der Waals surface area contributed by atoms with Crippen LogP contribution in [-0.2, 0) is 0 Å². The molecule has 0 aliphatic heterocycles. The number of nitro benzene ring substituents is 1. The van der Waals surface area contributed by atoms with E-state index in [1.807, 2.05) is 0 Å². The highest BCUT2D eigenvalue weighted by molar-refractivity contribution is 6.29. The Labute approximate surface area is 118 Å². The van der Waals surface area contributed by atoms with Crippen LogP contribution < -0.4 is 0 Å². The Hall–Kier alpha value is -3.15. The number of ketones is 2. The van der Waals surface area contributed by atoms with E-state index < -0.39 is 22.2 Å². The van der Waals surface area contributed by atoms with Gasteiger partial charge < -0.3 is 0 Å². The lowest BCUT2D eigenvalue weighted by molar-refractivity contribution is -0.385. The maximum atomic E-state index is 12.4. The van der Waals surface area contributed by atoms with Crippen molar-refractivity contribution in [2.24, 2.45) is 0 Å². The van der Waals surface area contributed by atoms with E-state index >= 15 is 0 Å². The van der Waals surface area contributed by atoms with Gasteiger partial charge in [-0.2, -0.15) is 0 Å². The zero-order valence-corrected chi connectivity index (χ0v) is 10.5. The van der Waals surface area contributed by atoms with E-state index in [0.29, 0.717) is 6.29 Å². The van der Waals surface area contributed by atoms with E-state index in [1.54, 1.807) is 0 Å². The van der Waals surface area contributed by atoms with Crippen LogP contribution in [0, 0.1) is 10.1 Å². The van der Waals surface area contributed by atoms with Crippen LogP contribution in [-0.4, -0.2) is 22.8 Å². The van der Waals surface area contributed by atoms with Gasteiger partial charge in [0, 0.05) is 28.3 Å². The van der Waals surface area contributed by atoms with E-state index in [-0.39, 0.29) is 27.8 Å². The number of fused-ring (bicyclic) bond motifs is 2. The SMILES string of the molecule is O=Cc1ccc2c(c1)C(=O)c1cccc([N+](=O)[O-])c1C2=O. The van der Waals surface area contributed by atoms with Gasteiger partial charge in [0.1, 0.15) is 11.8 Å². The summed E-state index contributed by atoms with van der Waals surface area (Å²) in [5.41, 5.74) is -0.159. The van der Waals surface area contributed by atoms with Crippen molar-refractivity contribution in [2.75, 3.05) is 0 Å². The molecule has 0 amide bonds. The second-order valence-electron chi connectivity index (χ2n) is 4.54. The summed E-state index contributed by atoms with van der Waals surface area (Å²) in [6, 6.07) is 7.99. The molecule has 0 radical (unpaired) electrons. The first-order valence-corrected chi connectivity index (χ1v) is 6.00. The Morgan fingerprint density at radius 2 is 1.71 bits per heavy atom. The lowest BCUT2D eigenvalue weighted by Crippen LogP contribution is -2.22. The summed E-state index contributed by atoms with van der Waals surface area (Å²) < 4.78 is 0. The highest BCUT2D eigenvalue weighted by Crippen LogP contribution is 2.33. The molecule has 0 unspecified atom stereocenters. The van der Waals surface area contributed by atoms with E-state index in [9.17, 15) is 24.5 Å². The third-order valence-electron chi connectivity index (χ3n) is 3.38. The number of hydrogen-bond donors (Lipinski definition) is 0. The Morgan fingerprint density at radius 3 is 2.38 bits per heavy atom.